The van der Waals surface area contributed by atoms with Gasteiger partial charge in [-0.15, -0.1) is 0 Å². The van der Waals surface area contributed by atoms with Crippen LogP contribution in [-0.4, -0.2) is 29.1 Å². The first-order valence-corrected chi connectivity index (χ1v) is 4.00. The van der Waals surface area contributed by atoms with E-state index < -0.39 is 18.2 Å². The Labute approximate surface area is 70.5 Å². The van der Waals surface area contributed by atoms with Gasteiger partial charge in [-0.2, -0.15) is 0 Å². The molecule has 68 valence electrons. The Morgan fingerprint density at radius 1 is 1.58 bits per heavy atom. The Morgan fingerprint density at radius 2 is 2.25 bits per heavy atom. The predicted molar refractivity (Wildman–Crippen MR) is 40.4 cm³/mol. The Morgan fingerprint density at radius 3 is 2.83 bits per heavy atom. The second-order valence-electron chi connectivity index (χ2n) is 2.95. The Bertz CT molecular complexity index is 199. The average molecular weight is 172 g/mol. The van der Waals surface area contributed by atoms with E-state index in [9.17, 15) is 9.59 Å². The quantitative estimate of drug-likeness (QED) is 0.567. The van der Waals surface area contributed by atoms with Crippen LogP contribution in [0.3, 0.4) is 0 Å². The van der Waals surface area contributed by atoms with Crippen molar-refractivity contribution in [2.45, 2.75) is 38.4 Å². The van der Waals surface area contributed by atoms with Crippen LogP contribution in [0.2, 0.25) is 0 Å². The number of hydrogen-bond acceptors (Lipinski definition) is 4. The number of aliphatic hydroxyl groups excluding tert-OH is 1. The van der Waals surface area contributed by atoms with E-state index in [1.807, 2.05) is 0 Å². The zero-order chi connectivity index (χ0) is 9.14. The highest BCUT2D eigenvalue weighted by Gasteiger charge is 2.31. The van der Waals surface area contributed by atoms with E-state index in [2.05, 4.69) is 0 Å². The van der Waals surface area contributed by atoms with E-state index in [1.165, 1.54) is 6.92 Å². The van der Waals surface area contributed by atoms with Crippen LogP contribution in [0, 0.1) is 0 Å². The van der Waals surface area contributed by atoms with Gasteiger partial charge in [0.15, 0.2) is 6.10 Å². The van der Waals surface area contributed by atoms with Gasteiger partial charge < -0.3 is 9.84 Å². The second kappa shape index (κ2) is 3.67. The third-order valence-electron chi connectivity index (χ3n) is 1.90. The van der Waals surface area contributed by atoms with Gasteiger partial charge in [0.05, 0.1) is 0 Å². The molecule has 0 aromatic carbocycles. The highest BCUT2D eigenvalue weighted by Crippen LogP contribution is 2.17. The first kappa shape index (κ1) is 9.19. The number of carbonyl (C=O) groups is 2. The highest BCUT2D eigenvalue weighted by atomic mass is 16.5. The van der Waals surface area contributed by atoms with Crippen molar-refractivity contribution in [2.75, 3.05) is 0 Å². The lowest BCUT2D eigenvalue weighted by molar-refractivity contribution is -0.159. The van der Waals surface area contributed by atoms with Gasteiger partial charge in [0.25, 0.3) is 0 Å². The molecule has 12 heavy (non-hydrogen) atoms. The maximum Gasteiger partial charge on any atom is 0.303 e. The molecule has 1 saturated carbocycles. The number of Topliss-reactive ketones (excluding diaryl/α,β-unsaturated/α-hetero) is 1. The molecular formula is C8H12O4. The lowest BCUT2D eigenvalue weighted by atomic mass is 9.94. The summed E-state index contributed by atoms with van der Waals surface area (Å²) in [5, 5.41) is 9.12. The fourth-order valence-electron chi connectivity index (χ4n) is 1.31. The number of carbonyl (C=O) groups excluding carboxylic acids is 2. The Kier molecular flexibility index (Phi) is 2.81. The summed E-state index contributed by atoms with van der Waals surface area (Å²) in [4.78, 5) is 21.6. The number of rotatable bonds is 1. The standard InChI is InChI=1S/C8H12O4/c1-5(9)12-7-4-2-3-6(10)8(7)11/h6-7,10H,2-4H2,1H3. The summed E-state index contributed by atoms with van der Waals surface area (Å²) in [6.45, 7) is 1.26. The van der Waals surface area contributed by atoms with Crippen LogP contribution in [0.25, 0.3) is 0 Å². The largest absolute Gasteiger partial charge is 0.454 e. The van der Waals surface area contributed by atoms with Crippen molar-refractivity contribution in [1.82, 2.24) is 0 Å². The fraction of sp³-hybridized carbons (Fsp3) is 0.750. The normalized spacial score (nSPS) is 30.0. The summed E-state index contributed by atoms with van der Waals surface area (Å²) in [6.07, 6.45) is 0.0889. The lowest BCUT2D eigenvalue weighted by Gasteiger charge is -2.23. The third-order valence-corrected chi connectivity index (χ3v) is 1.90. The molecule has 4 heteroatoms. The molecule has 0 aromatic rings. The maximum absolute atomic E-state index is 11.1. The van der Waals surface area contributed by atoms with Gasteiger partial charge >= 0.3 is 5.97 Å². The van der Waals surface area contributed by atoms with Gasteiger partial charge in [-0.05, 0) is 19.3 Å². The molecule has 0 aromatic heterocycles. The SMILES string of the molecule is CC(=O)OC1CCCC(O)C1=O. The van der Waals surface area contributed by atoms with Crippen molar-refractivity contribution >= 4 is 11.8 Å². The van der Waals surface area contributed by atoms with Gasteiger partial charge in [-0.3, -0.25) is 9.59 Å². The van der Waals surface area contributed by atoms with Crippen LogP contribution in [0.5, 0.6) is 0 Å². The predicted octanol–water partition coefficient (Wildman–Crippen LogP) is 0.0320. The van der Waals surface area contributed by atoms with Crippen LogP contribution in [0.4, 0.5) is 0 Å². The molecule has 1 N–H and O–H groups in total. The summed E-state index contributed by atoms with van der Waals surface area (Å²) in [7, 11) is 0. The molecule has 1 fully saturated rings. The van der Waals surface area contributed by atoms with Crippen molar-refractivity contribution in [3.63, 3.8) is 0 Å². The van der Waals surface area contributed by atoms with Gasteiger partial charge in [0.2, 0.25) is 5.78 Å². The second-order valence-corrected chi connectivity index (χ2v) is 2.95. The number of hydrogen-bond donors (Lipinski definition) is 1. The summed E-state index contributed by atoms with van der Waals surface area (Å²) >= 11 is 0. The molecule has 0 radical (unpaired) electrons. The van der Waals surface area contributed by atoms with Gasteiger partial charge in [-0.1, -0.05) is 0 Å². The number of ketones is 1. The van der Waals surface area contributed by atoms with Gasteiger partial charge in [0, 0.05) is 6.92 Å². The molecule has 0 aliphatic heterocycles. The minimum Gasteiger partial charge on any atom is -0.454 e. The number of ether oxygens (including phenoxy) is 1. The van der Waals surface area contributed by atoms with Crippen molar-refractivity contribution in [1.29, 1.82) is 0 Å². The lowest BCUT2D eigenvalue weighted by Crippen LogP contribution is -2.39. The molecule has 0 saturated heterocycles. The van der Waals surface area contributed by atoms with Crippen LogP contribution in [0.1, 0.15) is 26.2 Å². The fourth-order valence-corrected chi connectivity index (χ4v) is 1.31. The van der Waals surface area contributed by atoms with E-state index in [0.29, 0.717) is 12.8 Å². The highest BCUT2D eigenvalue weighted by molar-refractivity contribution is 5.89. The van der Waals surface area contributed by atoms with Gasteiger partial charge in [0.1, 0.15) is 6.10 Å². The minimum absolute atomic E-state index is 0.364. The van der Waals surface area contributed by atoms with Crippen molar-refractivity contribution in [3.8, 4) is 0 Å². The van der Waals surface area contributed by atoms with Crippen molar-refractivity contribution < 1.29 is 19.4 Å². The molecule has 2 atom stereocenters. The zero-order valence-electron chi connectivity index (χ0n) is 6.95. The monoisotopic (exact) mass is 172 g/mol. The van der Waals surface area contributed by atoms with Crippen LogP contribution in [-0.2, 0) is 14.3 Å². The maximum atomic E-state index is 11.1. The number of esters is 1. The summed E-state index contributed by atoms with van der Waals surface area (Å²) < 4.78 is 4.73. The zero-order valence-corrected chi connectivity index (χ0v) is 6.95. The smallest absolute Gasteiger partial charge is 0.303 e. The van der Waals surface area contributed by atoms with Crippen molar-refractivity contribution in [3.05, 3.63) is 0 Å². The van der Waals surface area contributed by atoms with Crippen LogP contribution in [0.15, 0.2) is 0 Å². The van der Waals surface area contributed by atoms with Crippen molar-refractivity contribution in [2.24, 2.45) is 0 Å². The Hall–Kier alpha value is -0.900. The minimum atomic E-state index is -0.942. The van der Waals surface area contributed by atoms with E-state index in [-0.39, 0.29) is 5.78 Å². The summed E-state index contributed by atoms with van der Waals surface area (Å²) in [5.74, 6) is -0.834. The van der Waals surface area contributed by atoms with E-state index in [4.69, 9.17) is 9.84 Å². The Balaban J connectivity index is 2.52. The molecule has 0 amide bonds. The van der Waals surface area contributed by atoms with E-state index in [0.717, 1.165) is 6.42 Å². The molecule has 2 unspecified atom stereocenters. The molecule has 1 rings (SSSR count). The molecule has 0 spiro atoms. The molecule has 1 aliphatic rings. The topological polar surface area (TPSA) is 63.6 Å². The van der Waals surface area contributed by atoms with Crippen LogP contribution < -0.4 is 0 Å². The average Bonchev–Trinajstić information content (AvgIpc) is 1.98. The summed E-state index contributed by atoms with van der Waals surface area (Å²) in [5.41, 5.74) is 0. The number of aliphatic hydroxyl groups is 1. The molecular weight excluding hydrogens is 160 g/mol. The first-order chi connectivity index (χ1) is 5.61. The van der Waals surface area contributed by atoms with E-state index >= 15 is 0 Å². The molecule has 0 heterocycles. The van der Waals surface area contributed by atoms with E-state index in [1.54, 1.807) is 0 Å². The molecule has 1 aliphatic carbocycles. The van der Waals surface area contributed by atoms with Gasteiger partial charge in [-0.25, -0.2) is 0 Å². The third kappa shape index (κ3) is 2.04. The molecule has 0 bridgehead atoms. The molecule has 4 nitrogen and oxygen atoms in total. The first-order valence-electron chi connectivity index (χ1n) is 4.00. The van der Waals surface area contributed by atoms with Crippen LogP contribution >= 0.6 is 0 Å². The summed E-state index contributed by atoms with van der Waals surface area (Å²) in [6, 6.07) is 0.